The fourth-order valence-corrected chi connectivity index (χ4v) is 2.36. The van der Waals surface area contributed by atoms with E-state index in [0.717, 1.165) is 34.7 Å². The molecule has 104 valence electrons. The molecule has 0 aliphatic rings. The first kappa shape index (κ1) is 12.8. The fraction of sp³-hybridized carbons (Fsp3) is 0.357. The summed E-state index contributed by atoms with van der Waals surface area (Å²) in [6.07, 6.45) is 5.65. The summed E-state index contributed by atoms with van der Waals surface area (Å²) in [5, 5.41) is 14.7. The van der Waals surface area contributed by atoms with Crippen LogP contribution in [0.5, 0.6) is 0 Å². The lowest BCUT2D eigenvalue weighted by molar-refractivity contribution is 0.565. The summed E-state index contributed by atoms with van der Waals surface area (Å²) in [7, 11) is 0. The van der Waals surface area contributed by atoms with Gasteiger partial charge in [0, 0.05) is 47.9 Å². The summed E-state index contributed by atoms with van der Waals surface area (Å²) in [5.74, 6) is 0. The van der Waals surface area contributed by atoms with Crippen molar-refractivity contribution in [1.82, 2.24) is 30.1 Å². The van der Waals surface area contributed by atoms with E-state index >= 15 is 0 Å². The monoisotopic (exact) mass is 270 g/mol. The van der Waals surface area contributed by atoms with Crippen LogP contribution in [0.25, 0.3) is 5.65 Å². The van der Waals surface area contributed by atoms with E-state index in [1.165, 1.54) is 0 Å². The Hall–Kier alpha value is -2.21. The minimum atomic E-state index is 0.200. The number of aromatic amines is 1. The molecule has 0 spiro atoms. The Morgan fingerprint density at radius 3 is 2.95 bits per heavy atom. The van der Waals surface area contributed by atoms with Crippen molar-refractivity contribution >= 4 is 5.65 Å². The van der Waals surface area contributed by atoms with Gasteiger partial charge in [0.1, 0.15) is 0 Å². The van der Waals surface area contributed by atoms with Crippen molar-refractivity contribution in [1.29, 1.82) is 0 Å². The van der Waals surface area contributed by atoms with Gasteiger partial charge in [0.15, 0.2) is 5.65 Å². The molecule has 2 N–H and O–H groups in total. The van der Waals surface area contributed by atoms with E-state index in [-0.39, 0.29) is 6.04 Å². The van der Waals surface area contributed by atoms with Crippen molar-refractivity contribution in [2.75, 3.05) is 0 Å². The van der Waals surface area contributed by atoms with Crippen molar-refractivity contribution in [2.24, 2.45) is 0 Å². The SMILES string of the molecule is Cc1cc2ncc(C(C)NCc3cn[nH]c3)c(C)n2n1. The number of fused-ring (bicyclic) bond motifs is 1. The number of hydrogen-bond acceptors (Lipinski definition) is 4. The van der Waals surface area contributed by atoms with Crippen molar-refractivity contribution in [2.45, 2.75) is 33.4 Å². The van der Waals surface area contributed by atoms with Gasteiger partial charge in [-0.05, 0) is 20.8 Å². The van der Waals surface area contributed by atoms with Crippen LogP contribution in [-0.4, -0.2) is 24.8 Å². The summed E-state index contributed by atoms with van der Waals surface area (Å²) in [6, 6.07) is 2.19. The summed E-state index contributed by atoms with van der Waals surface area (Å²) >= 11 is 0. The third kappa shape index (κ3) is 2.30. The molecule has 0 aliphatic carbocycles. The Kier molecular flexibility index (Phi) is 3.23. The lowest BCUT2D eigenvalue weighted by Crippen LogP contribution is -2.20. The highest BCUT2D eigenvalue weighted by Crippen LogP contribution is 2.18. The molecule has 1 atom stereocenters. The third-order valence-electron chi connectivity index (χ3n) is 3.52. The number of aromatic nitrogens is 5. The quantitative estimate of drug-likeness (QED) is 0.760. The largest absolute Gasteiger partial charge is 0.306 e. The second-order valence-corrected chi connectivity index (χ2v) is 5.06. The topological polar surface area (TPSA) is 70.9 Å². The zero-order valence-corrected chi connectivity index (χ0v) is 11.9. The van der Waals surface area contributed by atoms with Gasteiger partial charge in [-0.25, -0.2) is 9.50 Å². The molecule has 0 bridgehead atoms. The predicted octanol–water partition coefficient (Wildman–Crippen LogP) is 1.92. The molecule has 0 saturated carbocycles. The molecule has 0 saturated heterocycles. The van der Waals surface area contributed by atoms with E-state index in [0.29, 0.717) is 0 Å². The van der Waals surface area contributed by atoms with Gasteiger partial charge in [0.05, 0.1) is 11.9 Å². The van der Waals surface area contributed by atoms with Crippen molar-refractivity contribution in [3.05, 3.63) is 47.2 Å². The van der Waals surface area contributed by atoms with Gasteiger partial charge in [-0.15, -0.1) is 0 Å². The van der Waals surface area contributed by atoms with Gasteiger partial charge in [-0.2, -0.15) is 10.2 Å². The number of rotatable bonds is 4. The molecule has 3 aromatic heterocycles. The maximum absolute atomic E-state index is 4.48. The molecule has 6 nitrogen and oxygen atoms in total. The maximum Gasteiger partial charge on any atom is 0.155 e. The Balaban J connectivity index is 1.83. The molecular formula is C14H18N6. The van der Waals surface area contributed by atoms with Gasteiger partial charge in [0.25, 0.3) is 0 Å². The second-order valence-electron chi connectivity index (χ2n) is 5.06. The highest BCUT2D eigenvalue weighted by Gasteiger charge is 2.12. The van der Waals surface area contributed by atoms with Crippen LogP contribution in [0.1, 0.15) is 35.5 Å². The van der Waals surface area contributed by atoms with Gasteiger partial charge in [0.2, 0.25) is 0 Å². The summed E-state index contributed by atoms with van der Waals surface area (Å²) in [6.45, 7) is 6.96. The molecule has 1 unspecified atom stereocenters. The number of nitrogens with one attached hydrogen (secondary N) is 2. The van der Waals surface area contributed by atoms with E-state index in [9.17, 15) is 0 Å². The van der Waals surface area contributed by atoms with Crippen LogP contribution in [0.15, 0.2) is 24.7 Å². The zero-order valence-electron chi connectivity index (χ0n) is 11.9. The molecule has 3 rings (SSSR count). The van der Waals surface area contributed by atoms with E-state index in [4.69, 9.17) is 0 Å². The molecule has 0 aliphatic heterocycles. The smallest absolute Gasteiger partial charge is 0.155 e. The zero-order chi connectivity index (χ0) is 14.1. The van der Waals surface area contributed by atoms with Gasteiger partial charge in [-0.1, -0.05) is 0 Å². The third-order valence-corrected chi connectivity index (χ3v) is 3.52. The van der Waals surface area contributed by atoms with Crippen molar-refractivity contribution in [3.8, 4) is 0 Å². The lowest BCUT2D eigenvalue weighted by Gasteiger charge is -2.16. The van der Waals surface area contributed by atoms with Crippen LogP contribution in [0.3, 0.4) is 0 Å². The van der Waals surface area contributed by atoms with Crippen LogP contribution in [0.4, 0.5) is 0 Å². The van der Waals surface area contributed by atoms with Gasteiger partial charge in [-0.3, -0.25) is 5.10 Å². The summed E-state index contributed by atoms with van der Waals surface area (Å²) in [5.41, 5.74) is 5.29. The van der Waals surface area contributed by atoms with Crippen LogP contribution in [0, 0.1) is 13.8 Å². The van der Waals surface area contributed by atoms with Crippen molar-refractivity contribution in [3.63, 3.8) is 0 Å². The predicted molar refractivity (Wildman–Crippen MR) is 76.3 cm³/mol. The molecule has 0 aromatic carbocycles. The summed E-state index contributed by atoms with van der Waals surface area (Å²) in [4.78, 5) is 4.47. The Morgan fingerprint density at radius 2 is 2.20 bits per heavy atom. The fourth-order valence-electron chi connectivity index (χ4n) is 2.36. The van der Waals surface area contributed by atoms with Crippen LogP contribution in [0.2, 0.25) is 0 Å². The summed E-state index contributed by atoms with van der Waals surface area (Å²) < 4.78 is 1.90. The first-order chi connectivity index (χ1) is 9.65. The number of aryl methyl sites for hydroxylation is 2. The van der Waals surface area contributed by atoms with E-state index in [1.54, 1.807) is 0 Å². The molecule has 3 heterocycles. The van der Waals surface area contributed by atoms with Gasteiger partial charge >= 0.3 is 0 Å². The van der Waals surface area contributed by atoms with Crippen molar-refractivity contribution < 1.29 is 0 Å². The molecule has 20 heavy (non-hydrogen) atoms. The van der Waals surface area contributed by atoms with Crippen LogP contribution in [-0.2, 0) is 6.54 Å². The maximum atomic E-state index is 4.48. The number of H-pyrrole nitrogens is 1. The Labute approximate surface area is 117 Å². The first-order valence-corrected chi connectivity index (χ1v) is 6.68. The molecule has 0 amide bonds. The van der Waals surface area contributed by atoms with E-state index in [2.05, 4.69) is 39.4 Å². The molecule has 0 radical (unpaired) electrons. The lowest BCUT2D eigenvalue weighted by atomic mass is 10.1. The van der Waals surface area contributed by atoms with Gasteiger partial charge < -0.3 is 5.32 Å². The molecular weight excluding hydrogens is 252 g/mol. The minimum absolute atomic E-state index is 0.200. The molecule has 3 aromatic rings. The van der Waals surface area contributed by atoms with E-state index in [1.807, 2.05) is 36.1 Å². The Morgan fingerprint density at radius 1 is 1.35 bits per heavy atom. The first-order valence-electron chi connectivity index (χ1n) is 6.68. The second kappa shape index (κ2) is 5.05. The Bertz CT molecular complexity index is 713. The standard InChI is InChI=1S/C14H18N6/c1-9-4-14-16-8-13(11(3)20(14)19-9)10(2)15-5-12-6-17-18-7-12/h4,6-8,10,15H,5H2,1-3H3,(H,17,18). The molecule has 6 heteroatoms. The highest BCUT2D eigenvalue weighted by molar-refractivity contribution is 5.42. The number of nitrogens with zero attached hydrogens (tertiary/aromatic N) is 4. The van der Waals surface area contributed by atoms with Crippen LogP contribution >= 0.6 is 0 Å². The highest BCUT2D eigenvalue weighted by atomic mass is 15.3. The normalized spacial score (nSPS) is 12.9. The number of hydrogen-bond donors (Lipinski definition) is 2. The molecule has 0 fully saturated rings. The average molecular weight is 270 g/mol. The average Bonchev–Trinajstić information content (AvgIpc) is 3.05. The van der Waals surface area contributed by atoms with E-state index < -0.39 is 0 Å². The van der Waals surface area contributed by atoms with Crippen LogP contribution < -0.4 is 5.32 Å². The minimum Gasteiger partial charge on any atom is -0.306 e.